The van der Waals surface area contributed by atoms with Gasteiger partial charge >= 0.3 is 5.97 Å². The number of ether oxygens (including phenoxy) is 1. The van der Waals surface area contributed by atoms with Gasteiger partial charge in [-0.25, -0.2) is 4.79 Å². The number of benzene rings is 1. The molecule has 0 saturated heterocycles. The van der Waals surface area contributed by atoms with E-state index in [0.29, 0.717) is 6.42 Å². The maximum Gasteiger partial charge on any atom is 0.333 e. The normalized spacial score (nSPS) is 18.1. The first kappa shape index (κ1) is 12.1. The number of rotatable bonds is 5. The van der Waals surface area contributed by atoms with Gasteiger partial charge in [-0.05, 0) is 18.4 Å². The van der Waals surface area contributed by atoms with Crippen LogP contribution in [0, 0.1) is 0 Å². The molecule has 3 heteroatoms. The lowest BCUT2D eigenvalue weighted by Gasteiger charge is -2.18. The van der Waals surface area contributed by atoms with Crippen molar-refractivity contribution in [3.05, 3.63) is 35.9 Å². The molecule has 0 radical (unpaired) electrons. The van der Waals surface area contributed by atoms with E-state index in [2.05, 4.69) is 0 Å². The van der Waals surface area contributed by atoms with Crippen LogP contribution < -0.4 is 0 Å². The van der Waals surface area contributed by atoms with Gasteiger partial charge in [0.15, 0.2) is 6.10 Å². The number of carboxylic acids is 1. The summed E-state index contributed by atoms with van der Waals surface area (Å²) in [6.07, 6.45) is 4.19. The highest BCUT2D eigenvalue weighted by Crippen LogP contribution is 2.23. The van der Waals surface area contributed by atoms with Gasteiger partial charge in [0, 0.05) is 6.42 Å². The van der Waals surface area contributed by atoms with Gasteiger partial charge in [-0.3, -0.25) is 0 Å². The first-order valence-corrected chi connectivity index (χ1v) is 6.18. The quantitative estimate of drug-likeness (QED) is 0.852. The van der Waals surface area contributed by atoms with Crippen molar-refractivity contribution in [3.8, 4) is 0 Å². The van der Waals surface area contributed by atoms with Crippen LogP contribution in [0.15, 0.2) is 30.3 Å². The van der Waals surface area contributed by atoms with Crippen molar-refractivity contribution in [1.82, 2.24) is 0 Å². The number of aliphatic carboxylic acids is 1. The maximum atomic E-state index is 11.2. The van der Waals surface area contributed by atoms with Crippen molar-refractivity contribution in [1.29, 1.82) is 0 Å². The summed E-state index contributed by atoms with van der Waals surface area (Å²) in [5, 5.41) is 9.17. The standard InChI is InChI=1S/C14H18O3/c15-14(16)13(17-12-8-4-5-9-12)10-11-6-2-1-3-7-11/h1-3,6-7,12-13H,4-5,8-10H2,(H,15,16). The van der Waals surface area contributed by atoms with Crippen LogP contribution in [0.1, 0.15) is 31.2 Å². The van der Waals surface area contributed by atoms with Gasteiger partial charge in [-0.15, -0.1) is 0 Å². The van der Waals surface area contributed by atoms with Crippen LogP contribution in [0.3, 0.4) is 0 Å². The molecule has 0 heterocycles. The Labute approximate surface area is 101 Å². The number of hydrogen-bond donors (Lipinski definition) is 1. The number of carbonyl (C=O) groups is 1. The Bertz CT molecular complexity index is 355. The Morgan fingerprint density at radius 3 is 2.53 bits per heavy atom. The van der Waals surface area contributed by atoms with Gasteiger partial charge in [0.05, 0.1) is 6.10 Å². The minimum Gasteiger partial charge on any atom is -0.479 e. The average molecular weight is 234 g/mol. The number of hydrogen-bond acceptors (Lipinski definition) is 2. The predicted octanol–water partition coefficient (Wildman–Crippen LogP) is 2.64. The first-order valence-electron chi connectivity index (χ1n) is 6.18. The zero-order chi connectivity index (χ0) is 12.1. The molecule has 1 aromatic rings. The Kier molecular flexibility index (Phi) is 4.15. The van der Waals surface area contributed by atoms with Crippen molar-refractivity contribution in [2.75, 3.05) is 0 Å². The van der Waals surface area contributed by atoms with E-state index in [4.69, 9.17) is 9.84 Å². The smallest absolute Gasteiger partial charge is 0.333 e. The highest BCUT2D eigenvalue weighted by molar-refractivity contribution is 5.72. The molecule has 0 aromatic heterocycles. The average Bonchev–Trinajstić information content (AvgIpc) is 2.82. The lowest BCUT2D eigenvalue weighted by atomic mass is 10.1. The van der Waals surface area contributed by atoms with Crippen LogP contribution in [0.5, 0.6) is 0 Å². The lowest BCUT2D eigenvalue weighted by molar-refractivity contribution is -0.154. The fraction of sp³-hybridized carbons (Fsp3) is 0.500. The van der Waals surface area contributed by atoms with Crippen LogP contribution in [0.25, 0.3) is 0 Å². The summed E-state index contributed by atoms with van der Waals surface area (Å²) in [4.78, 5) is 11.2. The fourth-order valence-corrected chi connectivity index (χ4v) is 2.28. The molecule has 0 bridgehead atoms. The highest BCUT2D eigenvalue weighted by atomic mass is 16.5. The van der Waals surface area contributed by atoms with Crippen molar-refractivity contribution in [2.24, 2.45) is 0 Å². The van der Waals surface area contributed by atoms with Crippen molar-refractivity contribution >= 4 is 5.97 Å². The molecule has 1 aliphatic carbocycles. The molecule has 1 saturated carbocycles. The van der Waals surface area contributed by atoms with E-state index >= 15 is 0 Å². The SMILES string of the molecule is O=C(O)C(Cc1ccccc1)OC1CCCC1. The minimum absolute atomic E-state index is 0.139. The molecule has 1 aliphatic rings. The third-order valence-electron chi connectivity index (χ3n) is 3.20. The van der Waals surface area contributed by atoms with E-state index < -0.39 is 12.1 Å². The van der Waals surface area contributed by atoms with Gasteiger partial charge in [-0.2, -0.15) is 0 Å². The van der Waals surface area contributed by atoms with Gasteiger partial charge in [0.2, 0.25) is 0 Å². The van der Waals surface area contributed by atoms with Crippen molar-refractivity contribution < 1.29 is 14.6 Å². The summed E-state index contributed by atoms with van der Waals surface area (Å²) in [5.41, 5.74) is 1.01. The Hall–Kier alpha value is -1.35. The van der Waals surface area contributed by atoms with Crippen LogP contribution in [-0.4, -0.2) is 23.3 Å². The molecule has 0 aliphatic heterocycles. The van der Waals surface area contributed by atoms with Crippen molar-refractivity contribution in [2.45, 2.75) is 44.3 Å². The molecule has 2 rings (SSSR count). The van der Waals surface area contributed by atoms with Crippen LogP contribution in [0.4, 0.5) is 0 Å². The Morgan fingerprint density at radius 1 is 1.29 bits per heavy atom. The van der Waals surface area contributed by atoms with Gasteiger partial charge in [0.25, 0.3) is 0 Å². The Balaban J connectivity index is 1.95. The van der Waals surface area contributed by atoms with Gasteiger partial charge in [0.1, 0.15) is 0 Å². The highest BCUT2D eigenvalue weighted by Gasteiger charge is 2.25. The second kappa shape index (κ2) is 5.82. The molecule has 92 valence electrons. The third-order valence-corrected chi connectivity index (χ3v) is 3.20. The summed E-state index contributed by atoms with van der Waals surface area (Å²) in [7, 11) is 0. The molecule has 1 N–H and O–H groups in total. The molecule has 3 nitrogen and oxygen atoms in total. The molecule has 1 fully saturated rings. The maximum absolute atomic E-state index is 11.2. The molecular formula is C14H18O3. The second-order valence-corrected chi connectivity index (χ2v) is 4.56. The summed E-state index contributed by atoms with van der Waals surface area (Å²) < 4.78 is 5.68. The van der Waals surface area contributed by atoms with E-state index in [1.807, 2.05) is 30.3 Å². The van der Waals surface area contributed by atoms with Crippen LogP contribution in [0.2, 0.25) is 0 Å². The molecule has 17 heavy (non-hydrogen) atoms. The van der Waals surface area contributed by atoms with Crippen molar-refractivity contribution in [3.63, 3.8) is 0 Å². The molecule has 1 aromatic carbocycles. The molecular weight excluding hydrogens is 216 g/mol. The third kappa shape index (κ3) is 3.56. The predicted molar refractivity (Wildman–Crippen MR) is 64.9 cm³/mol. The van der Waals surface area contributed by atoms with E-state index in [1.54, 1.807) is 0 Å². The van der Waals surface area contributed by atoms with Crippen LogP contribution in [-0.2, 0) is 16.0 Å². The van der Waals surface area contributed by atoms with Gasteiger partial charge < -0.3 is 9.84 Å². The number of carboxylic acid groups (broad SMARTS) is 1. The Morgan fingerprint density at radius 2 is 1.94 bits per heavy atom. The first-order chi connectivity index (χ1) is 8.25. The van der Waals surface area contributed by atoms with E-state index in [0.717, 1.165) is 31.2 Å². The molecule has 0 amide bonds. The lowest BCUT2D eigenvalue weighted by Crippen LogP contribution is -2.30. The van der Waals surface area contributed by atoms with E-state index in [-0.39, 0.29) is 6.10 Å². The van der Waals surface area contributed by atoms with Crippen LogP contribution >= 0.6 is 0 Å². The summed E-state index contributed by atoms with van der Waals surface area (Å²) >= 11 is 0. The molecule has 0 spiro atoms. The topological polar surface area (TPSA) is 46.5 Å². The molecule has 1 unspecified atom stereocenters. The second-order valence-electron chi connectivity index (χ2n) is 4.56. The van der Waals surface area contributed by atoms with Gasteiger partial charge in [-0.1, -0.05) is 43.2 Å². The van der Waals surface area contributed by atoms with E-state index in [1.165, 1.54) is 0 Å². The molecule has 1 atom stereocenters. The largest absolute Gasteiger partial charge is 0.479 e. The monoisotopic (exact) mass is 234 g/mol. The van der Waals surface area contributed by atoms with E-state index in [9.17, 15) is 4.79 Å². The zero-order valence-corrected chi connectivity index (χ0v) is 9.84. The summed E-state index contributed by atoms with van der Waals surface area (Å²) in [5.74, 6) is -0.860. The summed E-state index contributed by atoms with van der Waals surface area (Å²) in [6.45, 7) is 0. The minimum atomic E-state index is -0.860. The zero-order valence-electron chi connectivity index (χ0n) is 9.84. The summed E-state index contributed by atoms with van der Waals surface area (Å²) in [6, 6.07) is 9.65. The fourth-order valence-electron chi connectivity index (χ4n) is 2.28.